The summed E-state index contributed by atoms with van der Waals surface area (Å²) < 4.78 is 60.3. The van der Waals surface area contributed by atoms with Crippen molar-refractivity contribution < 1.29 is 41.4 Å². The largest absolute Gasteiger partial charge is 0.490 e. The number of halogens is 3. The molecule has 1 aliphatic heterocycles. The number of hydrogen-bond donors (Lipinski definition) is 3. The molecule has 1 heterocycles. The summed E-state index contributed by atoms with van der Waals surface area (Å²) in [6.45, 7) is 9.17. The van der Waals surface area contributed by atoms with Gasteiger partial charge in [-0.15, -0.1) is 0 Å². The van der Waals surface area contributed by atoms with Crippen molar-refractivity contribution in [2.24, 2.45) is 0 Å². The average molecular weight is 571 g/mol. The number of benzene rings is 2. The number of piperazine rings is 1. The number of rotatable bonds is 7. The molecule has 0 aliphatic carbocycles. The zero-order valence-corrected chi connectivity index (χ0v) is 22.4. The normalized spacial score (nSPS) is 14.1. The first-order chi connectivity index (χ1) is 18.1. The third kappa shape index (κ3) is 8.59. The van der Waals surface area contributed by atoms with E-state index in [1.165, 1.54) is 12.1 Å². The van der Waals surface area contributed by atoms with Crippen molar-refractivity contribution in [2.75, 3.05) is 42.3 Å². The van der Waals surface area contributed by atoms with Crippen LogP contribution in [0.3, 0.4) is 0 Å². The Kier molecular flexibility index (Phi) is 10.3. The van der Waals surface area contributed by atoms with Crippen LogP contribution in [0.2, 0.25) is 0 Å². The highest BCUT2D eigenvalue weighted by molar-refractivity contribution is 7.92. The molecule has 212 valence electrons. The third-order valence-corrected chi connectivity index (χ3v) is 7.59. The lowest BCUT2D eigenvalue weighted by Crippen LogP contribution is -2.46. The number of carboxylic acids is 2. The van der Waals surface area contributed by atoms with Gasteiger partial charge in [-0.1, -0.05) is 6.07 Å². The maximum atomic E-state index is 13.0. The Morgan fingerprint density at radius 3 is 2.08 bits per heavy atom. The van der Waals surface area contributed by atoms with E-state index in [2.05, 4.69) is 20.6 Å². The highest BCUT2D eigenvalue weighted by Crippen LogP contribution is 2.28. The molecule has 1 saturated heterocycles. The Balaban J connectivity index is 0.000000673. The van der Waals surface area contributed by atoms with E-state index in [0.29, 0.717) is 25.1 Å². The predicted molar refractivity (Wildman–Crippen MR) is 137 cm³/mol. The lowest BCUT2D eigenvalue weighted by Gasteiger charge is -2.36. The molecule has 1 fully saturated rings. The molecule has 0 bridgehead atoms. The van der Waals surface area contributed by atoms with Gasteiger partial charge in [-0.25, -0.2) is 18.0 Å². The van der Waals surface area contributed by atoms with Gasteiger partial charge in [-0.05, 0) is 61.7 Å². The maximum Gasteiger partial charge on any atom is 0.490 e. The molecule has 10 nitrogen and oxygen atoms in total. The maximum absolute atomic E-state index is 13.0. The number of alkyl halides is 3. The minimum atomic E-state index is -5.08. The smallest absolute Gasteiger partial charge is 0.478 e. The highest BCUT2D eigenvalue weighted by atomic mass is 32.2. The molecule has 3 N–H and O–H groups in total. The van der Waals surface area contributed by atoms with E-state index in [9.17, 15) is 31.5 Å². The van der Waals surface area contributed by atoms with Crippen molar-refractivity contribution in [2.45, 2.75) is 38.3 Å². The van der Waals surface area contributed by atoms with Crippen LogP contribution in [0.25, 0.3) is 0 Å². The number of aryl methyl sites for hydroxylation is 3. The molecular weight excluding hydrogens is 541 g/mol. The van der Waals surface area contributed by atoms with Gasteiger partial charge in [0.25, 0.3) is 10.0 Å². The molecular formula is C25H29F3N4O6S. The van der Waals surface area contributed by atoms with E-state index < -0.39 is 28.1 Å². The van der Waals surface area contributed by atoms with Gasteiger partial charge in [0.05, 0.1) is 22.2 Å². The average Bonchev–Trinajstić information content (AvgIpc) is 2.85. The zero-order valence-electron chi connectivity index (χ0n) is 21.5. The molecule has 0 spiro atoms. The summed E-state index contributed by atoms with van der Waals surface area (Å²) in [5, 5.41) is 25.6. The first-order valence-corrected chi connectivity index (χ1v) is 13.2. The Morgan fingerprint density at radius 2 is 1.56 bits per heavy atom. The standard InChI is InChI=1S/C23H28N4O4S.C2HF3O2/c1-16-13-18(3)22(14-17(16)2)32(30,31)25-21-6-5-19(15-20(21)23(28)29)27-11-9-26(10-12-27)8-4-7-24;3-2(4,5)1(6)7/h5-6,13-15,25H,4,8-12H2,1-3H3,(H,28,29);(H,6,7). The van der Waals surface area contributed by atoms with Crippen LogP contribution in [0.5, 0.6) is 0 Å². The van der Waals surface area contributed by atoms with Gasteiger partial charge in [0.15, 0.2) is 0 Å². The number of aromatic carboxylic acids is 1. The quantitative estimate of drug-likeness (QED) is 0.452. The molecule has 2 aromatic carbocycles. The van der Waals surface area contributed by atoms with E-state index in [1.54, 1.807) is 25.1 Å². The van der Waals surface area contributed by atoms with E-state index in [-0.39, 0.29) is 16.1 Å². The number of carbonyl (C=O) groups is 2. The van der Waals surface area contributed by atoms with E-state index in [0.717, 1.165) is 36.4 Å². The van der Waals surface area contributed by atoms with Crippen molar-refractivity contribution in [1.82, 2.24) is 4.90 Å². The van der Waals surface area contributed by atoms with Crippen molar-refractivity contribution >= 4 is 33.3 Å². The fourth-order valence-electron chi connectivity index (χ4n) is 3.86. The molecule has 0 atom stereocenters. The number of anilines is 2. The molecule has 1 aliphatic rings. The lowest BCUT2D eigenvalue weighted by atomic mass is 10.1. The van der Waals surface area contributed by atoms with Crippen LogP contribution in [-0.2, 0) is 14.8 Å². The van der Waals surface area contributed by atoms with Crippen LogP contribution in [0.4, 0.5) is 24.5 Å². The molecule has 0 saturated carbocycles. The van der Waals surface area contributed by atoms with Gasteiger partial charge < -0.3 is 15.1 Å². The van der Waals surface area contributed by atoms with E-state index in [1.807, 2.05) is 13.8 Å². The molecule has 14 heteroatoms. The van der Waals surface area contributed by atoms with Crippen LogP contribution >= 0.6 is 0 Å². The summed E-state index contributed by atoms with van der Waals surface area (Å²) in [7, 11) is -3.95. The fourth-order valence-corrected chi connectivity index (χ4v) is 5.25. The van der Waals surface area contributed by atoms with Gasteiger partial charge in [0, 0.05) is 44.8 Å². The molecule has 0 unspecified atom stereocenters. The predicted octanol–water partition coefficient (Wildman–Crippen LogP) is 3.78. The molecule has 0 radical (unpaired) electrons. The zero-order chi connectivity index (χ0) is 29.5. The van der Waals surface area contributed by atoms with Crippen molar-refractivity contribution in [3.8, 4) is 6.07 Å². The monoisotopic (exact) mass is 570 g/mol. The minimum Gasteiger partial charge on any atom is -0.478 e. The van der Waals surface area contributed by atoms with Crippen LogP contribution in [0, 0.1) is 32.1 Å². The van der Waals surface area contributed by atoms with E-state index in [4.69, 9.17) is 15.2 Å². The van der Waals surface area contributed by atoms with Crippen molar-refractivity contribution in [1.29, 1.82) is 5.26 Å². The Labute approximate surface area is 224 Å². The fraction of sp³-hybridized carbons (Fsp3) is 0.400. The number of hydrogen-bond acceptors (Lipinski definition) is 7. The van der Waals surface area contributed by atoms with Gasteiger partial charge in [-0.2, -0.15) is 18.4 Å². The van der Waals surface area contributed by atoms with Crippen LogP contribution < -0.4 is 9.62 Å². The number of nitrogens with one attached hydrogen (secondary N) is 1. The van der Waals surface area contributed by atoms with Crippen LogP contribution in [-0.4, -0.2) is 74.4 Å². The van der Waals surface area contributed by atoms with E-state index >= 15 is 0 Å². The molecule has 2 aromatic rings. The minimum absolute atomic E-state index is 0.0338. The first kappa shape index (κ1) is 31.4. The number of sulfonamides is 1. The summed E-state index contributed by atoms with van der Waals surface area (Å²) in [6.07, 6.45) is -4.60. The summed E-state index contributed by atoms with van der Waals surface area (Å²) in [4.78, 5) is 25.2. The summed E-state index contributed by atoms with van der Waals surface area (Å²) in [5.41, 5.74) is 3.10. The molecule has 39 heavy (non-hydrogen) atoms. The topological polar surface area (TPSA) is 151 Å². The van der Waals surface area contributed by atoms with Crippen LogP contribution in [0.15, 0.2) is 35.2 Å². The van der Waals surface area contributed by atoms with Gasteiger partial charge in [-0.3, -0.25) is 9.62 Å². The van der Waals surface area contributed by atoms with Crippen LogP contribution in [0.1, 0.15) is 33.5 Å². The number of aliphatic carboxylic acids is 1. The first-order valence-electron chi connectivity index (χ1n) is 11.7. The van der Waals surface area contributed by atoms with Crippen molar-refractivity contribution in [3.05, 3.63) is 52.6 Å². The number of carboxylic acid groups (broad SMARTS) is 2. The van der Waals surface area contributed by atoms with Gasteiger partial charge in [0.2, 0.25) is 0 Å². The third-order valence-electron chi connectivity index (χ3n) is 6.08. The van der Waals surface area contributed by atoms with Gasteiger partial charge >= 0.3 is 18.1 Å². The molecule has 3 rings (SSSR count). The van der Waals surface area contributed by atoms with Crippen molar-refractivity contribution in [3.63, 3.8) is 0 Å². The second-order valence-corrected chi connectivity index (χ2v) is 10.5. The Bertz CT molecular complexity index is 1370. The summed E-state index contributed by atoms with van der Waals surface area (Å²) in [5.74, 6) is -3.96. The number of nitriles is 1. The summed E-state index contributed by atoms with van der Waals surface area (Å²) >= 11 is 0. The van der Waals surface area contributed by atoms with Gasteiger partial charge in [0.1, 0.15) is 0 Å². The Morgan fingerprint density at radius 1 is 1.00 bits per heavy atom. The summed E-state index contributed by atoms with van der Waals surface area (Å²) in [6, 6.07) is 10.3. The highest BCUT2D eigenvalue weighted by Gasteiger charge is 2.38. The SMILES string of the molecule is Cc1cc(C)c(S(=O)(=O)Nc2ccc(N3CCN(CCC#N)CC3)cc2C(=O)O)cc1C.O=C(O)C(F)(F)F. The Hall–Kier alpha value is -3.83. The second kappa shape index (κ2) is 12.8. The number of nitrogens with zero attached hydrogens (tertiary/aromatic N) is 3. The molecule has 0 amide bonds. The molecule has 0 aromatic heterocycles. The lowest BCUT2D eigenvalue weighted by molar-refractivity contribution is -0.192. The second-order valence-electron chi connectivity index (χ2n) is 8.88.